The molecular weight excluding hydrogens is 212 g/mol. The van der Waals surface area contributed by atoms with Crippen LogP contribution in [-0.4, -0.2) is 18.5 Å². The molecule has 0 aromatic heterocycles. The summed E-state index contributed by atoms with van der Waals surface area (Å²) < 4.78 is 0. The Balaban J connectivity index is 1.89. The Hall–Kier alpha value is -0.570. The normalized spacial score (nSPS) is 35.4. The van der Waals surface area contributed by atoms with Gasteiger partial charge < -0.3 is 11.1 Å². The van der Waals surface area contributed by atoms with E-state index in [1.54, 1.807) is 0 Å². The third-order valence-corrected chi connectivity index (χ3v) is 5.34. The Morgan fingerprint density at radius 2 is 2.06 bits per heavy atom. The monoisotopic (exact) mass is 238 g/mol. The van der Waals surface area contributed by atoms with Crippen LogP contribution in [0.25, 0.3) is 0 Å². The highest BCUT2D eigenvalue weighted by molar-refractivity contribution is 5.83. The van der Waals surface area contributed by atoms with Crippen molar-refractivity contribution in [1.29, 1.82) is 0 Å². The van der Waals surface area contributed by atoms with Gasteiger partial charge in [0, 0.05) is 12.6 Å². The molecule has 3 heteroatoms. The molecule has 3 nitrogen and oxygen atoms in total. The SMILES string of the molecule is CCC1(CNC(=O)C2(C)CCCC2N)CCC1. The van der Waals surface area contributed by atoms with Crippen LogP contribution in [0.3, 0.4) is 0 Å². The van der Waals surface area contributed by atoms with Crippen molar-refractivity contribution in [3.63, 3.8) is 0 Å². The van der Waals surface area contributed by atoms with Gasteiger partial charge in [0.25, 0.3) is 0 Å². The van der Waals surface area contributed by atoms with Crippen LogP contribution >= 0.6 is 0 Å². The minimum absolute atomic E-state index is 0.0430. The molecule has 17 heavy (non-hydrogen) atoms. The van der Waals surface area contributed by atoms with Crippen molar-refractivity contribution < 1.29 is 4.79 Å². The third kappa shape index (κ3) is 2.22. The van der Waals surface area contributed by atoms with E-state index >= 15 is 0 Å². The number of carbonyl (C=O) groups excluding carboxylic acids is 1. The zero-order valence-electron chi connectivity index (χ0n) is 11.2. The third-order valence-electron chi connectivity index (χ3n) is 5.34. The molecule has 2 fully saturated rings. The molecule has 2 unspecified atom stereocenters. The topological polar surface area (TPSA) is 55.1 Å². The summed E-state index contributed by atoms with van der Waals surface area (Å²) in [5.74, 6) is 0.183. The van der Waals surface area contributed by atoms with E-state index in [4.69, 9.17) is 5.73 Å². The van der Waals surface area contributed by atoms with E-state index in [-0.39, 0.29) is 17.4 Å². The molecule has 2 aliphatic carbocycles. The number of carbonyl (C=O) groups is 1. The largest absolute Gasteiger partial charge is 0.355 e. The zero-order chi connectivity index (χ0) is 12.5. The van der Waals surface area contributed by atoms with E-state index in [0.29, 0.717) is 5.41 Å². The van der Waals surface area contributed by atoms with E-state index in [1.165, 1.54) is 25.7 Å². The second-order valence-corrected chi connectivity index (χ2v) is 6.31. The van der Waals surface area contributed by atoms with Gasteiger partial charge in [-0.2, -0.15) is 0 Å². The smallest absolute Gasteiger partial charge is 0.227 e. The summed E-state index contributed by atoms with van der Waals surface area (Å²) >= 11 is 0. The summed E-state index contributed by atoms with van der Waals surface area (Å²) in [6.07, 6.45) is 8.06. The predicted octanol–water partition coefficient (Wildman–Crippen LogP) is 2.20. The highest BCUT2D eigenvalue weighted by atomic mass is 16.2. The summed E-state index contributed by atoms with van der Waals surface area (Å²) in [4.78, 5) is 12.3. The van der Waals surface area contributed by atoms with Crippen molar-refractivity contribution >= 4 is 5.91 Å². The molecule has 98 valence electrons. The van der Waals surface area contributed by atoms with E-state index < -0.39 is 0 Å². The number of nitrogens with two attached hydrogens (primary N) is 1. The molecule has 0 aliphatic heterocycles. The number of amides is 1. The molecule has 0 aromatic carbocycles. The van der Waals surface area contributed by atoms with Crippen molar-refractivity contribution in [3.05, 3.63) is 0 Å². The lowest BCUT2D eigenvalue weighted by Gasteiger charge is -2.42. The number of nitrogens with one attached hydrogen (secondary N) is 1. The van der Waals surface area contributed by atoms with Crippen molar-refractivity contribution in [2.45, 2.75) is 64.8 Å². The molecular formula is C14H26N2O. The maximum Gasteiger partial charge on any atom is 0.227 e. The molecule has 2 atom stereocenters. The van der Waals surface area contributed by atoms with Crippen molar-refractivity contribution in [1.82, 2.24) is 5.32 Å². The fourth-order valence-electron chi connectivity index (χ4n) is 3.28. The molecule has 2 saturated carbocycles. The van der Waals surface area contributed by atoms with Gasteiger partial charge in [0.2, 0.25) is 5.91 Å². The van der Waals surface area contributed by atoms with Gasteiger partial charge in [0.05, 0.1) is 5.41 Å². The van der Waals surface area contributed by atoms with E-state index in [1.807, 2.05) is 6.92 Å². The van der Waals surface area contributed by atoms with Crippen LogP contribution in [-0.2, 0) is 4.79 Å². The highest BCUT2D eigenvalue weighted by Crippen LogP contribution is 2.43. The minimum Gasteiger partial charge on any atom is -0.355 e. The van der Waals surface area contributed by atoms with Gasteiger partial charge in [0.15, 0.2) is 0 Å². The molecule has 3 N–H and O–H groups in total. The summed E-state index contributed by atoms with van der Waals surface area (Å²) in [6.45, 7) is 5.11. The van der Waals surface area contributed by atoms with Crippen LogP contribution in [0.4, 0.5) is 0 Å². The van der Waals surface area contributed by atoms with Crippen LogP contribution in [0.1, 0.15) is 58.8 Å². The summed E-state index contributed by atoms with van der Waals surface area (Å²) in [5, 5.41) is 3.17. The van der Waals surface area contributed by atoms with Crippen molar-refractivity contribution in [2.24, 2.45) is 16.6 Å². The maximum absolute atomic E-state index is 12.3. The molecule has 0 aromatic rings. The lowest BCUT2D eigenvalue weighted by Crippen LogP contribution is -2.51. The van der Waals surface area contributed by atoms with Crippen LogP contribution in [0.5, 0.6) is 0 Å². The van der Waals surface area contributed by atoms with Gasteiger partial charge in [0.1, 0.15) is 0 Å². The minimum atomic E-state index is -0.321. The number of hydrogen-bond acceptors (Lipinski definition) is 2. The molecule has 2 rings (SSSR count). The second-order valence-electron chi connectivity index (χ2n) is 6.31. The Bertz CT molecular complexity index is 293. The molecule has 0 heterocycles. The Kier molecular flexibility index (Phi) is 3.48. The fraction of sp³-hybridized carbons (Fsp3) is 0.929. The Labute approximate surface area is 105 Å². The van der Waals surface area contributed by atoms with E-state index in [0.717, 1.165) is 25.8 Å². The van der Waals surface area contributed by atoms with E-state index in [9.17, 15) is 4.79 Å². The van der Waals surface area contributed by atoms with Crippen LogP contribution in [0.15, 0.2) is 0 Å². The molecule has 2 aliphatic rings. The lowest BCUT2D eigenvalue weighted by atomic mass is 9.67. The van der Waals surface area contributed by atoms with Crippen LogP contribution in [0, 0.1) is 10.8 Å². The van der Waals surface area contributed by atoms with Gasteiger partial charge >= 0.3 is 0 Å². The number of hydrogen-bond donors (Lipinski definition) is 2. The fourth-order valence-corrected chi connectivity index (χ4v) is 3.28. The van der Waals surface area contributed by atoms with Gasteiger partial charge in [-0.3, -0.25) is 4.79 Å². The average Bonchev–Trinajstić information content (AvgIpc) is 2.59. The Morgan fingerprint density at radius 1 is 1.35 bits per heavy atom. The molecule has 0 bridgehead atoms. The van der Waals surface area contributed by atoms with Crippen molar-refractivity contribution in [3.8, 4) is 0 Å². The van der Waals surface area contributed by atoms with E-state index in [2.05, 4.69) is 12.2 Å². The van der Waals surface area contributed by atoms with Crippen molar-refractivity contribution in [2.75, 3.05) is 6.54 Å². The first-order valence-electron chi connectivity index (χ1n) is 7.06. The van der Waals surface area contributed by atoms with Gasteiger partial charge in [-0.05, 0) is 44.4 Å². The van der Waals surface area contributed by atoms with Gasteiger partial charge in [-0.1, -0.05) is 19.8 Å². The zero-order valence-corrected chi connectivity index (χ0v) is 11.2. The highest BCUT2D eigenvalue weighted by Gasteiger charge is 2.44. The first-order valence-corrected chi connectivity index (χ1v) is 7.06. The summed E-state index contributed by atoms with van der Waals surface area (Å²) in [7, 11) is 0. The van der Waals surface area contributed by atoms with Gasteiger partial charge in [-0.25, -0.2) is 0 Å². The Morgan fingerprint density at radius 3 is 2.47 bits per heavy atom. The molecule has 0 radical (unpaired) electrons. The van der Waals surface area contributed by atoms with Crippen LogP contribution in [0.2, 0.25) is 0 Å². The first kappa shape index (κ1) is 12.9. The van der Waals surface area contributed by atoms with Crippen LogP contribution < -0.4 is 11.1 Å². The summed E-state index contributed by atoms with van der Waals surface area (Å²) in [6, 6.07) is 0.0430. The molecule has 0 saturated heterocycles. The average molecular weight is 238 g/mol. The maximum atomic E-state index is 12.3. The quantitative estimate of drug-likeness (QED) is 0.789. The second kappa shape index (κ2) is 4.60. The van der Waals surface area contributed by atoms with Gasteiger partial charge in [-0.15, -0.1) is 0 Å². The lowest BCUT2D eigenvalue weighted by molar-refractivity contribution is -0.131. The first-order chi connectivity index (χ1) is 8.02. The predicted molar refractivity (Wildman–Crippen MR) is 69.5 cm³/mol. The molecule has 1 amide bonds. The number of rotatable bonds is 4. The molecule has 0 spiro atoms. The summed E-state index contributed by atoms with van der Waals surface area (Å²) in [5.41, 5.74) is 6.15. The standard InChI is InChI=1S/C14H26N2O/c1-3-14(8-5-9-14)10-16-12(17)13(2)7-4-6-11(13)15/h11H,3-10,15H2,1-2H3,(H,16,17).